The van der Waals surface area contributed by atoms with E-state index in [-0.39, 0.29) is 5.91 Å². The first kappa shape index (κ1) is 14.4. The van der Waals surface area contributed by atoms with Crippen LogP contribution in [0.3, 0.4) is 0 Å². The van der Waals surface area contributed by atoms with Gasteiger partial charge in [0.2, 0.25) is 5.91 Å². The SMILES string of the molecule is CN(C(=O)Cc1ccccc1Cl)C1CCC(N)CC1. The highest BCUT2D eigenvalue weighted by molar-refractivity contribution is 6.31. The summed E-state index contributed by atoms with van der Waals surface area (Å²) in [6, 6.07) is 8.16. The quantitative estimate of drug-likeness (QED) is 0.925. The molecule has 1 aliphatic carbocycles. The van der Waals surface area contributed by atoms with E-state index in [4.69, 9.17) is 17.3 Å². The number of hydrogen-bond acceptors (Lipinski definition) is 2. The first-order chi connectivity index (χ1) is 9.08. The summed E-state index contributed by atoms with van der Waals surface area (Å²) in [5.41, 5.74) is 6.79. The van der Waals surface area contributed by atoms with E-state index in [1.54, 1.807) is 0 Å². The highest BCUT2D eigenvalue weighted by Gasteiger charge is 2.25. The molecule has 1 amide bonds. The second-order valence-electron chi connectivity index (χ2n) is 5.34. The fourth-order valence-corrected chi connectivity index (χ4v) is 2.82. The van der Waals surface area contributed by atoms with E-state index in [0.29, 0.717) is 23.5 Å². The fourth-order valence-electron chi connectivity index (χ4n) is 2.62. The number of carbonyl (C=O) groups is 1. The molecule has 2 rings (SSSR count). The summed E-state index contributed by atoms with van der Waals surface area (Å²) in [5, 5.41) is 0.662. The van der Waals surface area contributed by atoms with Crippen molar-refractivity contribution in [3.05, 3.63) is 34.9 Å². The monoisotopic (exact) mass is 280 g/mol. The van der Waals surface area contributed by atoms with Gasteiger partial charge in [-0.1, -0.05) is 29.8 Å². The molecule has 0 spiro atoms. The second kappa shape index (κ2) is 6.40. The number of amides is 1. The van der Waals surface area contributed by atoms with Crippen LogP contribution in [-0.4, -0.2) is 29.9 Å². The molecule has 1 saturated carbocycles. The number of hydrogen-bond donors (Lipinski definition) is 1. The number of likely N-dealkylation sites (N-methyl/N-ethyl adjacent to an activating group) is 1. The number of nitrogens with zero attached hydrogens (tertiary/aromatic N) is 1. The van der Waals surface area contributed by atoms with Gasteiger partial charge in [-0.15, -0.1) is 0 Å². The molecule has 1 aliphatic rings. The Morgan fingerprint density at radius 3 is 2.58 bits per heavy atom. The summed E-state index contributed by atoms with van der Waals surface area (Å²) < 4.78 is 0. The lowest BCUT2D eigenvalue weighted by Gasteiger charge is -2.33. The molecule has 0 heterocycles. The van der Waals surface area contributed by atoms with Crippen molar-refractivity contribution in [2.24, 2.45) is 5.73 Å². The molecule has 0 aromatic heterocycles. The van der Waals surface area contributed by atoms with Gasteiger partial charge in [-0.3, -0.25) is 4.79 Å². The predicted octanol–water partition coefficient (Wildman–Crippen LogP) is 2.61. The maximum absolute atomic E-state index is 12.3. The van der Waals surface area contributed by atoms with Crippen molar-refractivity contribution in [1.29, 1.82) is 0 Å². The summed E-state index contributed by atoms with van der Waals surface area (Å²) in [6.45, 7) is 0. The second-order valence-corrected chi connectivity index (χ2v) is 5.75. The minimum atomic E-state index is 0.133. The lowest BCUT2D eigenvalue weighted by Crippen LogP contribution is -2.42. The van der Waals surface area contributed by atoms with Gasteiger partial charge in [-0.25, -0.2) is 0 Å². The topological polar surface area (TPSA) is 46.3 Å². The summed E-state index contributed by atoms with van der Waals surface area (Å²) in [4.78, 5) is 14.2. The van der Waals surface area contributed by atoms with Crippen LogP contribution < -0.4 is 5.73 Å². The molecule has 0 saturated heterocycles. The Morgan fingerprint density at radius 1 is 1.32 bits per heavy atom. The number of carbonyl (C=O) groups excluding carboxylic acids is 1. The minimum absolute atomic E-state index is 0.133. The Bertz CT molecular complexity index is 442. The predicted molar refractivity (Wildman–Crippen MR) is 78.2 cm³/mol. The molecule has 4 heteroatoms. The highest BCUT2D eigenvalue weighted by atomic mass is 35.5. The summed E-state index contributed by atoms with van der Waals surface area (Å²) >= 11 is 6.09. The van der Waals surface area contributed by atoms with E-state index in [1.165, 1.54) is 0 Å². The lowest BCUT2D eigenvalue weighted by atomic mass is 9.91. The van der Waals surface area contributed by atoms with E-state index in [0.717, 1.165) is 31.2 Å². The summed E-state index contributed by atoms with van der Waals surface area (Å²) in [7, 11) is 1.89. The zero-order valence-electron chi connectivity index (χ0n) is 11.3. The molecule has 0 radical (unpaired) electrons. The lowest BCUT2D eigenvalue weighted by molar-refractivity contribution is -0.131. The van der Waals surface area contributed by atoms with Crippen molar-refractivity contribution in [1.82, 2.24) is 4.90 Å². The maximum Gasteiger partial charge on any atom is 0.227 e. The Hall–Kier alpha value is -1.06. The van der Waals surface area contributed by atoms with Crippen LogP contribution >= 0.6 is 11.6 Å². The maximum atomic E-state index is 12.3. The zero-order valence-corrected chi connectivity index (χ0v) is 12.1. The van der Waals surface area contributed by atoms with Crippen LogP contribution in [0.5, 0.6) is 0 Å². The molecule has 1 fully saturated rings. The highest BCUT2D eigenvalue weighted by Crippen LogP contribution is 2.22. The number of nitrogens with two attached hydrogens (primary N) is 1. The van der Waals surface area contributed by atoms with E-state index >= 15 is 0 Å². The molecular formula is C15H21ClN2O. The molecule has 0 aliphatic heterocycles. The molecule has 1 aromatic carbocycles. The van der Waals surface area contributed by atoms with Crippen LogP contribution in [-0.2, 0) is 11.2 Å². The summed E-state index contributed by atoms with van der Waals surface area (Å²) in [6.07, 6.45) is 4.40. The Morgan fingerprint density at radius 2 is 1.95 bits per heavy atom. The third kappa shape index (κ3) is 3.71. The fraction of sp³-hybridized carbons (Fsp3) is 0.533. The Labute approximate surface area is 119 Å². The van der Waals surface area contributed by atoms with Crippen LogP contribution in [0.1, 0.15) is 31.2 Å². The third-order valence-electron chi connectivity index (χ3n) is 3.98. The van der Waals surface area contributed by atoms with Crippen LogP contribution in [0.4, 0.5) is 0 Å². The van der Waals surface area contributed by atoms with Gasteiger partial charge in [-0.2, -0.15) is 0 Å². The van der Waals surface area contributed by atoms with Crippen molar-refractivity contribution in [3.63, 3.8) is 0 Å². The third-order valence-corrected chi connectivity index (χ3v) is 4.35. The molecule has 0 bridgehead atoms. The van der Waals surface area contributed by atoms with Gasteiger partial charge in [0.1, 0.15) is 0 Å². The average Bonchev–Trinajstić information content (AvgIpc) is 2.41. The molecule has 19 heavy (non-hydrogen) atoms. The average molecular weight is 281 g/mol. The molecular weight excluding hydrogens is 260 g/mol. The van der Waals surface area contributed by atoms with Crippen molar-refractivity contribution in [3.8, 4) is 0 Å². The van der Waals surface area contributed by atoms with Crippen LogP contribution in [0.25, 0.3) is 0 Å². The van der Waals surface area contributed by atoms with Gasteiger partial charge in [-0.05, 0) is 37.3 Å². The van der Waals surface area contributed by atoms with Gasteiger partial charge in [0.05, 0.1) is 6.42 Å². The van der Waals surface area contributed by atoms with Crippen molar-refractivity contribution >= 4 is 17.5 Å². The van der Waals surface area contributed by atoms with Crippen LogP contribution in [0, 0.1) is 0 Å². The van der Waals surface area contributed by atoms with Crippen LogP contribution in [0.15, 0.2) is 24.3 Å². The van der Waals surface area contributed by atoms with E-state index in [1.807, 2.05) is 36.2 Å². The largest absolute Gasteiger partial charge is 0.342 e. The van der Waals surface area contributed by atoms with Crippen molar-refractivity contribution in [2.45, 2.75) is 44.2 Å². The zero-order chi connectivity index (χ0) is 13.8. The minimum Gasteiger partial charge on any atom is -0.342 e. The molecule has 3 nitrogen and oxygen atoms in total. The van der Waals surface area contributed by atoms with Gasteiger partial charge < -0.3 is 10.6 Å². The van der Waals surface area contributed by atoms with Gasteiger partial charge in [0.15, 0.2) is 0 Å². The molecule has 2 N–H and O–H groups in total. The van der Waals surface area contributed by atoms with Crippen molar-refractivity contribution < 1.29 is 4.79 Å². The van der Waals surface area contributed by atoms with Crippen LogP contribution in [0.2, 0.25) is 5.02 Å². The Kier molecular flexibility index (Phi) is 4.83. The molecule has 1 aromatic rings. The normalized spacial score (nSPS) is 23.1. The van der Waals surface area contributed by atoms with E-state index < -0.39 is 0 Å². The number of rotatable bonds is 3. The molecule has 0 unspecified atom stereocenters. The van der Waals surface area contributed by atoms with E-state index in [2.05, 4.69) is 0 Å². The number of benzene rings is 1. The first-order valence-corrected chi connectivity index (χ1v) is 7.20. The smallest absolute Gasteiger partial charge is 0.227 e. The van der Waals surface area contributed by atoms with Crippen molar-refractivity contribution in [2.75, 3.05) is 7.05 Å². The number of halogens is 1. The summed E-state index contributed by atoms with van der Waals surface area (Å²) in [5.74, 6) is 0.133. The molecule has 104 valence electrons. The van der Waals surface area contributed by atoms with Gasteiger partial charge >= 0.3 is 0 Å². The van der Waals surface area contributed by atoms with Gasteiger partial charge in [0.25, 0.3) is 0 Å². The van der Waals surface area contributed by atoms with Gasteiger partial charge in [0, 0.05) is 24.2 Å². The standard InChI is InChI=1S/C15H21ClN2O/c1-18(13-8-6-12(17)7-9-13)15(19)10-11-4-2-3-5-14(11)16/h2-5,12-13H,6-10,17H2,1H3. The molecule has 0 atom stereocenters. The Balaban J connectivity index is 1.94. The first-order valence-electron chi connectivity index (χ1n) is 6.82. The van der Waals surface area contributed by atoms with E-state index in [9.17, 15) is 4.79 Å².